The van der Waals surface area contributed by atoms with Gasteiger partial charge in [0.1, 0.15) is 5.75 Å². The van der Waals surface area contributed by atoms with Crippen LogP contribution in [-0.4, -0.2) is 27.2 Å². The number of nitrogens with zero attached hydrogens (tertiary/aromatic N) is 3. The smallest absolute Gasteiger partial charge is 0.416 e. The summed E-state index contributed by atoms with van der Waals surface area (Å²) in [6.45, 7) is 2.68. The lowest BCUT2D eigenvalue weighted by Crippen LogP contribution is -2.29. The van der Waals surface area contributed by atoms with Crippen molar-refractivity contribution in [2.24, 2.45) is 0 Å². The summed E-state index contributed by atoms with van der Waals surface area (Å²) in [4.78, 5) is 22.1. The maximum absolute atomic E-state index is 13.6. The normalized spacial score (nSPS) is 11.3. The average Bonchev–Trinajstić information content (AvgIpc) is 3.08. The van der Waals surface area contributed by atoms with Crippen LogP contribution in [0.2, 0.25) is 0 Å². The Morgan fingerprint density at radius 3 is 2.41 bits per heavy atom. The molecule has 1 aromatic heterocycles. The van der Waals surface area contributed by atoms with E-state index < -0.39 is 29.2 Å². The standard InChI is InChI=1S/C21H19F3N4O4/c1-13-9-14(2)27(26-13)17-4-3-15(19(10-17)21(22,23)24)11-25-20(29)12-32-18-7-5-16(6-8-18)28(30)31/h3-10H,11-12H2,1-2H3,(H,25,29). The molecule has 3 aromatic rings. The molecule has 0 bridgehead atoms. The third-order valence-corrected chi connectivity index (χ3v) is 4.55. The number of nitro groups is 1. The van der Waals surface area contributed by atoms with Gasteiger partial charge in [0.2, 0.25) is 0 Å². The summed E-state index contributed by atoms with van der Waals surface area (Å²) in [6, 6.07) is 10.6. The fourth-order valence-electron chi connectivity index (χ4n) is 3.06. The Balaban J connectivity index is 1.67. The number of rotatable bonds is 7. The van der Waals surface area contributed by atoms with Gasteiger partial charge < -0.3 is 10.1 Å². The molecule has 1 N–H and O–H groups in total. The van der Waals surface area contributed by atoms with Crippen molar-refractivity contribution in [2.45, 2.75) is 26.6 Å². The van der Waals surface area contributed by atoms with Crippen molar-refractivity contribution in [2.75, 3.05) is 6.61 Å². The summed E-state index contributed by atoms with van der Waals surface area (Å²) in [5, 5.41) is 17.2. The number of amides is 1. The Hall–Kier alpha value is -3.89. The van der Waals surface area contributed by atoms with E-state index in [4.69, 9.17) is 4.74 Å². The van der Waals surface area contributed by atoms with Gasteiger partial charge in [-0.15, -0.1) is 0 Å². The van der Waals surface area contributed by atoms with Crippen LogP contribution in [0.1, 0.15) is 22.5 Å². The molecule has 0 unspecified atom stereocenters. The molecule has 0 atom stereocenters. The minimum atomic E-state index is -4.62. The third kappa shape index (κ3) is 5.42. The molecule has 8 nitrogen and oxygen atoms in total. The maximum atomic E-state index is 13.6. The second-order valence-electron chi connectivity index (χ2n) is 6.99. The first kappa shape index (κ1) is 22.8. The van der Waals surface area contributed by atoms with E-state index in [0.29, 0.717) is 11.4 Å². The number of aryl methyl sites for hydroxylation is 2. The minimum absolute atomic E-state index is 0.105. The van der Waals surface area contributed by atoms with Crippen LogP contribution in [0.25, 0.3) is 5.69 Å². The zero-order chi connectivity index (χ0) is 23.5. The molecule has 168 valence electrons. The van der Waals surface area contributed by atoms with E-state index in [1.807, 2.05) is 0 Å². The maximum Gasteiger partial charge on any atom is 0.416 e. The Labute approximate surface area is 180 Å². The quantitative estimate of drug-likeness (QED) is 0.433. The predicted molar refractivity (Wildman–Crippen MR) is 108 cm³/mol. The van der Waals surface area contributed by atoms with Gasteiger partial charge in [-0.25, -0.2) is 4.68 Å². The van der Waals surface area contributed by atoms with Crippen molar-refractivity contribution in [1.29, 1.82) is 0 Å². The minimum Gasteiger partial charge on any atom is -0.484 e. The molecule has 0 aliphatic rings. The molecule has 3 rings (SSSR count). The van der Waals surface area contributed by atoms with E-state index in [2.05, 4.69) is 10.4 Å². The van der Waals surface area contributed by atoms with Crippen LogP contribution in [-0.2, 0) is 17.5 Å². The number of non-ortho nitro benzene ring substituents is 1. The molecular weight excluding hydrogens is 429 g/mol. The molecule has 0 saturated carbocycles. The Morgan fingerprint density at radius 1 is 1.16 bits per heavy atom. The largest absolute Gasteiger partial charge is 0.484 e. The van der Waals surface area contributed by atoms with Crippen LogP contribution < -0.4 is 10.1 Å². The summed E-state index contributed by atoms with van der Waals surface area (Å²) in [5.41, 5.74) is 0.524. The number of alkyl halides is 3. The van der Waals surface area contributed by atoms with Crippen molar-refractivity contribution < 1.29 is 27.6 Å². The Morgan fingerprint density at radius 2 is 1.84 bits per heavy atom. The van der Waals surface area contributed by atoms with Crippen LogP contribution in [0.3, 0.4) is 0 Å². The third-order valence-electron chi connectivity index (χ3n) is 4.55. The topological polar surface area (TPSA) is 99.3 Å². The highest BCUT2D eigenvalue weighted by Crippen LogP contribution is 2.33. The van der Waals surface area contributed by atoms with Crippen molar-refractivity contribution in [1.82, 2.24) is 15.1 Å². The van der Waals surface area contributed by atoms with Crippen LogP contribution >= 0.6 is 0 Å². The van der Waals surface area contributed by atoms with E-state index in [-0.39, 0.29) is 29.2 Å². The molecule has 0 aliphatic heterocycles. The van der Waals surface area contributed by atoms with E-state index in [9.17, 15) is 28.1 Å². The zero-order valence-electron chi connectivity index (χ0n) is 17.1. The number of nitrogens with one attached hydrogen (secondary N) is 1. The summed E-state index contributed by atoms with van der Waals surface area (Å²) in [5.74, 6) is -0.421. The van der Waals surface area contributed by atoms with Gasteiger partial charge in [0.05, 0.1) is 21.9 Å². The molecule has 0 spiro atoms. The lowest BCUT2D eigenvalue weighted by atomic mass is 10.1. The van der Waals surface area contributed by atoms with E-state index >= 15 is 0 Å². The highest BCUT2D eigenvalue weighted by atomic mass is 19.4. The molecule has 0 radical (unpaired) electrons. The van der Waals surface area contributed by atoms with Crippen LogP contribution in [0, 0.1) is 24.0 Å². The van der Waals surface area contributed by atoms with Gasteiger partial charge in [0.15, 0.2) is 6.61 Å². The molecule has 0 saturated heterocycles. The molecule has 0 aliphatic carbocycles. The molecular formula is C21H19F3N4O4. The summed E-state index contributed by atoms with van der Waals surface area (Å²) < 4.78 is 47.5. The van der Waals surface area contributed by atoms with Gasteiger partial charge >= 0.3 is 6.18 Å². The fourth-order valence-corrected chi connectivity index (χ4v) is 3.06. The number of nitro benzene ring substituents is 1. The SMILES string of the molecule is Cc1cc(C)n(-c2ccc(CNC(=O)COc3ccc([N+](=O)[O-])cc3)c(C(F)(F)F)c2)n1. The van der Waals surface area contributed by atoms with Crippen molar-refractivity contribution in [3.8, 4) is 11.4 Å². The average molecular weight is 448 g/mol. The predicted octanol–water partition coefficient (Wildman–Crippen LogP) is 4.11. The number of ether oxygens (including phenoxy) is 1. The van der Waals surface area contributed by atoms with Gasteiger partial charge in [-0.05, 0) is 49.7 Å². The first-order valence-electron chi connectivity index (χ1n) is 9.42. The molecule has 1 heterocycles. The zero-order valence-corrected chi connectivity index (χ0v) is 17.1. The number of halogens is 3. The molecule has 2 aromatic carbocycles. The summed E-state index contributed by atoms with van der Waals surface area (Å²) in [6.07, 6.45) is -4.62. The highest BCUT2D eigenvalue weighted by molar-refractivity contribution is 5.77. The molecule has 11 heteroatoms. The van der Waals surface area contributed by atoms with Crippen LogP contribution in [0.4, 0.5) is 18.9 Å². The lowest BCUT2D eigenvalue weighted by Gasteiger charge is -2.16. The van der Waals surface area contributed by atoms with E-state index in [0.717, 1.165) is 6.07 Å². The van der Waals surface area contributed by atoms with Crippen molar-refractivity contribution in [3.63, 3.8) is 0 Å². The van der Waals surface area contributed by atoms with Crippen LogP contribution in [0.5, 0.6) is 5.75 Å². The van der Waals surface area contributed by atoms with Gasteiger partial charge in [0.25, 0.3) is 11.6 Å². The highest BCUT2D eigenvalue weighted by Gasteiger charge is 2.34. The Bertz CT molecular complexity index is 1140. The van der Waals surface area contributed by atoms with E-state index in [1.54, 1.807) is 19.9 Å². The van der Waals surface area contributed by atoms with Gasteiger partial charge in [-0.2, -0.15) is 18.3 Å². The number of carbonyl (C=O) groups excluding carboxylic acids is 1. The van der Waals surface area contributed by atoms with E-state index in [1.165, 1.54) is 41.1 Å². The number of hydrogen-bond acceptors (Lipinski definition) is 5. The molecule has 1 amide bonds. The summed E-state index contributed by atoms with van der Waals surface area (Å²) >= 11 is 0. The lowest BCUT2D eigenvalue weighted by molar-refractivity contribution is -0.384. The Kier molecular flexibility index (Phi) is 6.47. The summed E-state index contributed by atoms with van der Waals surface area (Å²) in [7, 11) is 0. The van der Waals surface area contributed by atoms with Gasteiger partial charge in [-0.1, -0.05) is 6.07 Å². The molecule has 32 heavy (non-hydrogen) atoms. The fraction of sp³-hybridized carbons (Fsp3) is 0.238. The first-order chi connectivity index (χ1) is 15.0. The molecule has 0 fully saturated rings. The second-order valence-corrected chi connectivity index (χ2v) is 6.99. The number of hydrogen-bond donors (Lipinski definition) is 1. The van der Waals surface area contributed by atoms with Crippen molar-refractivity contribution in [3.05, 3.63) is 81.2 Å². The van der Waals surface area contributed by atoms with Gasteiger partial charge in [0, 0.05) is 24.4 Å². The number of aromatic nitrogens is 2. The monoisotopic (exact) mass is 448 g/mol. The number of benzene rings is 2. The first-order valence-corrected chi connectivity index (χ1v) is 9.42. The van der Waals surface area contributed by atoms with Crippen LogP contribution in [0.15, 0.2) is 48.5 Å². The van der Waals surface area contributed by atoms with Gasteiger partial charge in [-0.3, -0.25) is 14.9 Å². The second kappa shape index (κ2) is 9.08. The number of carbonyl (C=O) groups is 1. The van der Waals surface area contributed by atoms with Crippen molar-refractivity contribution >= 4 is 11.6 Å².